The standard InChI is InChI=1S/C14H18N4O/c15-14(19)12-5-1-3-7-17(12)9-11-10-18-8-4-2-6-13(18)16-11/h2,4,6,8,10,12H,1,3,5,7,9H2,(H2,15,19)/t12-/m0/s1. The van der Waals surface area contributed by atoms with Crippen molar-refractivity contribution in [2.24, 2.45) is 5.73 Å². The van der Waals surface area contributed by atoms with Gasteiger partial charge >= 0.3 is 0 Å². The Balaban J connectivity index is 1.80. The number of nitrogens with two attached hydrogens (primary N) is 1. The van der Waals surface area contributed by atoms with E-state index in [4.69, 9.17) is 5.73 Å². The lowest BCUT2D eigenvalue weighted by Crippen LogP contribution is -2.47. The normalized spacial score (nSPS) is 20.7. The van der Waals surface area contributed by atoms with Gasteiger partial charge in [-0.3, -0.25) is 9.69 Å². The fourth-order valence-corrected chi connectivity index (χ4v) is 2.77. The van der Waals surface area contributed by atoms with E-state index in [0.29, 0.717) is 6.54 Å². The second-order valence-corrected chi connectivity index (χ2v) is 5.08. The summed E-state index contributed by atoms with van der Waals surface area (Å²) in [6, 6.07) is 5.79. The number of carbonyl (C=O) groups excluding carboxylic acids is 1. The minimum atomic E-state index is -0.219. The number of aromatic nitrogens is 2. The number of hydrogen-bond acceptors (Lipinski definition) is 3. The number of imidazole rings is 1. The van der Waals surface area contributed by atoms with Crippen molar-refractivity contribution < 1.29 is 4.79 Å². The summed E-state index contributed by atoms with van der Waals surface area (Å²) in [5.41, 5.74) is 7.40. The topological polar surface area (TPSA) is 63.6 Å². The van der Waals surface area contributed by atoms with Crippen LogP contribution in [0.15, 0.2) is 30.6 Å². The largest absolute Gasteiger partial charge is 0.368 e. The molecule has 1 aliphatic heterocycles. The monoisotopic (exact) mass is 258 g/mol. The van der Waals surface area contributed by atoms with Crippen molar-refractivity contribution in [3.63, 3.8) is 0 Å². The SMILES string of the molecule is NC(=O)[C@@H]1CCCCN1Cc1cn2ccccc2n1. The van der Waals surface area contributed by atoms with Crippen molar-refractivity contribution in [3.8, 4) is 0 Å². The Bertz CT molecular complexity index is 559. The zero-order valence-corrected chi connectivity index (χ0v) is 10.8. The van der Waals surface area contributed by atoms with Gasteiger partial charge < -0.3 is 10.1 Å². The molecule has 1 atom stereocenters. The fourth-order valence-electron chi connectivity index (χ4n) is 2.77. The van der Waals surface area contributed by atoms with Crippen LogP contribution in [0, 0.1) is 0 Å². The van der Waals surface area contributed by atoms with Crippen molar-refractivity contribution in [3.05, 3.63) is 36.3 Å². The summed E-state index contributed by atoms with van der Waals surface area (Å²) < 4.78 is 2.00. The van der Waals surface area contributed by atoms with Gasteiger partial charge in [-0.2, -0.15) is 0 Å². The molecule has 2 aromatic heterocycles. The van der Waals surface area contributed by atoms with E-state index in [1.807, 2.05) is 35.0 Å². The third-order valence-electron chi connectivity index (χ3n) is 3.72. The van der Waals surface area contributed by atoms with Gasteiger partial charge in [0.15, 0.2) is 0 Å². The Morgan fingerprint density at radius 2 is 2.32 bits per heavy atom. The van der Waals surface area contributed by atoms with Crippen molar-refractivity contribution in [1.29, 1.82) is 0 Å². The Hall–Kier alpha value is -1.88. The molecular formula is C14H18N4O. The van der Waals surface area contributed by atoms with Crippen LogP contribution in [0.4, 0.5) is 0 Å². The zero-order valence-electron chi connectivity index (χ0n) is 10.8. The molecule has 0 spiro atoms. The number of piperidine rings is 1. The zero-order chi connectivity index (χ0) is 13.2. The Morgan fingerprint density at radius 1 is 1.42 bits per heavy atom. The lowest BCUT2D eigenvalue weighted by molar-refractivity contribution is -0.124. The van der Waals surface area contributed by atoms with Gasteiger partial charge in [-0.1, -0.05) is 12.5 Å². The lowest BCUT2D eigenvalue weighted by atomic mass is 10.0. The van der Waals surface area contributed by atoms with Gasteiger partial charge in [0.2, 0.25) is 5.91 Å². The minimum absolute atomic E-state index is 0.140. The number of amides is 1. The number of likely N-dealkylation sites (tertiary alicyclic amines) is 1. The fraction of sp³-hybridized carbons (Fsp3) is 0.429. The van der Waals surface area contributed by atoms with E-state index < -0.39 is 0 Å². The Kier molecular flexibility index (Phi) is 3.21. The maximum atomic E-state index is 11.5. The van der Waals surface area contributed by atoms with Crippen LogP contribution < -0.4 is 5.73 Å². The molecule has 1 saturated heterocycles. The van der Waals surface area contributed by atoms with Crippen LogP contribution in [0.5, 0.6) is 0 Å². The van der Waals surface area contributed by atoms with Crippen LogP contribution in [0.2, 0.25) is 0 Å². The maximum absolute atomic E-state index is 11.5. The molecule has 0 saturated carbocycles. The molecule has 3 rings (SSSR count). The Morgan fingerprint density at radius 3 is 3.11 bits per heavy atom. The molecule has 2 aromatic rings. The molecule has 0 bridgehead atoms. The second kappa shape index (κ2) is 5.01. The minimum Gasteiger partial charge on any atom is -0.368 e. The number of carbonyl (C=O) groups is 1. The first-order valence-corrected chi connectivity index (χ1v) is 6.70. The number of pyridine rings is 1. The molecule has 100 valence electrons. The first kappa shape index (κ1) is 12.2. The van der Waals surface area contributed by atoms with Gasteiger partial charge in [0.25, 0.3) is 0 Å². The van der Waals surface area contributed by atoms with Crippen molar-refractivity contribution in [2.45, 2.75) is 31.8 Å². The molecule has 0 unspecified atom stereocenters. The van der Waals surface area contributed by atoms with Crippen molar-refractivity contribution in [2.75, 3.05) is 6.54 Å². The van der Waals surface area contributed by atoms with E-state index in [-0.39, 0.29) is 11.9 Å². The highest BCUT2D eigenvalue weighted by molar-refractivity contribution is 5.79. The van der Waals surface area contributed by atoms with Crippen LogP contribution in [-0.4, -0.2) is 32.8 Å². The summed E-state index contributed by atoms with van der Waals surface area (Å²) in [6.45, 7) is 1.61. The molecular weight excluding hydrogens is 240 g/mol. The Labute approximate surface area is 112 Å². The average molecular weight is 258 g/mol. The molecule has 3 heterocycles. The van der Waals surface area contributed by atoms with Gasteiger partial charge in [0.05, 0.1) is 11.7 Å². The number of hydrogen-bond donors (Lipinski definition) is 1. The van der Waals surface area contributed by atoms with E-state index in [1.165, 1.54) is 0 Å². The van der Waals surface area contributed by atoms with Gasteiger partial charge in [-0.05, 0) is 31.5 Å². The molecule has 0 radical (unpaired) electrons. The lowest BCUT2D eigenvalue weighted by Gasteiger charge is -2.32. The summed E-state index contributed by atoms with van der Waals surface area (Å²) in [5, 5.41) is 0. The van der Waals surface area contributed by atoms with Crippen molar-refractivity contribution in [1.82, 2.24) is 14.3 Å². The van der Waals surface area contributed by atoms with Gasteiger partial charge in [-0.25, -0.2) is 4.98 Å². The number of rotatable bonds is 3. The summed E-state index contributed by atoms with van der Waals surface area (Å²) >= 11 is 0. The van der Waals surface area contributed by atoms with E-state index in [9.17, 15) is 4.79 Å². The van der Waals surface area contributed by atoms with E-state index in [0.717, 1.165) is 37.1 Å². The summed E-state index contributed by atoms with van der Waals surface area (Å²) in [6.07, 6.45) is 7.06. The highest BCUT2D eigenvalue weighted by atomic mass is 16.1. The van der Waals surface area contributed by atoms with Gasteiger partial charge in [-0.15, -0.1) is 0 Å². The first-order valence-electron chi connectivity index (χ1n) is 6.70. The molecule has 1 aliphatic rings. The quantitative estimate of drug-likeness (QED) is 0.899. The number of fused-ring (bicyclic) bond motifs is 1. The molecule has 1 fully saturated rings. The van der Waals surface area contributed by atoms with Crippen LogP contribution in [0.1, 0.15) is 25.0 Å². The van der Waals surface area contributed by atoms with E-state index >= 15 is 0 Å². The van der Waals surface area contributed by atoms with Crippen LogP contribution in [0.3, 0.4) is 0 Å². The molecule has 5 heteroatoms. The highest BCUT2D eigenvalue weighted by Crippen LogP contribution is 2.19. The van der Waals surface area contributed by atoms with E-state index in [2.05, 4.69) is 9.88 Å². The number of nitrogens with zero attached hydrogens (tertiary/aromatic N) is 3. The van der Waals surface area contributed by atoms with E-state index in [1.54, 1.807) is 0 Å². The summed E-state index contributed by atoms with van der Waals surface area (Å²) in [7, 11) is 0. The summed E-state index contributed by atoms with van der Waals surface area (Å²) in [4.78, 5) is 18.2. The van der Waals surface area contributed by atoms with Gasteiger partial charge in [0, 0.05) is 18.9 Å². The van der Waals surface area contributed by atoms with Crippen LogP contribution >= 0.6 is 0 Å². The van der Waals surface area contributed by atoms with Crippen molar-refractivity contribution >= 4 is 11.6 Å². The molecule has 2 N–H and O–H groups in total. The van der Waals surface area contributed by atoms with Crippen LogP contribution in [-0.2, 0) is 11.3 Å². The average Bonchev–Trinajstić information content (AvgIpc) is 2.81. The summed E-state index contributed by atoms with van der Waals surface area (Å²) in [5.74, 6) is -0.219. The smallest absolute Gasteiger partial charge is 0.234 e. The molecule has 5 nitrogen and oxygen atoms in total. The molecule has 1 amide bonds. The third-order valence-corrected chi connectivity index (χ3v) is 3.72. The number of primary amides is 1. The molecule has 19 heavy (non-hydrogen) atoms. The predicted octanol–water partition coefficient (Wildman–Crippen LogP) is 1.17. The maximum Gasteiger partial charge on any atom is 0.234 e. The molecule has 0 aromatic carbocycles. The van der Waals surface area contributed by atoms with Gasteiger partial charge in [0.1, 0.15) is 5.65 Å². The predicted molar refractivity (Wildman–Crippen MR) is 72.4 cm³/mol. The van der Waals surface area contributed by atoms with Crippen LogP contribution in [0.25, 0.3) is 5.65 Å². The third kappa shape index (κ3) is 2.46. The molecule has 0 aliphatic carbocycles. The second-order valence-electron chi connectivity index (χ2n) is 5.08. The first-order chi connectivity index (χ1) is 9.24. The highest BCUT2D eigenvalue weighted by Gasteiger charge is 2.27.